The van der Waals surface area contributed by atoms with Crippen LogP contribution in [-0.2, 0) is 30.5 Å². The third kappa shape index (κ3) is 6.30. The summed E-state index contributed by atoms with van der Waals surface area (Å²) >= 11 is 13.5. The molecule has 56 heavy (non-hydrogen) atoms. The van der Waals surface area contributed by atoms with E-state index in [0.29, 0.717) is 74.0 Å². The molecule has 3 aromatic carbocycles. The number of benzene rings is 3. The molecule has 1 unspecified atom stereocenters. The molecule has 2 aliphatic heterocycles. The topological polar surface area (TPSA) is 107 Å². The van der Waals surface area contributed by atoms with Crippen LogP contribution in [0.5, 0.6) is 5.75 Å². The first-order valence-electron chi connectivity index (χ1n) is 19.1. The molecule has 1 saturated heterocycles. The second-order valence-electron chi connectivity index (χ2n) is 15.2. The third-order valence-corrected chi connectivity index (χ3v) is 14.3. The lowest BCUT2D eigenvalue weighted by atomic mass is 9.98. The Balaban J connectivity index is 1.25. The fourth-order valence-corrected chi connectivity index (χ4v) is 10.5. The molecule has 1 amide bonds. The number of rotatable bonds is 9. The van der Waals surface area contributed by atoms with E-state index >= 15 is 4.79 Å². The summed E-state index contributed by atoms with van der Waals surface area (Å²) < 4.78 is 41.4. The average molecular weight is 817 g/mol. The number of carbonyl (C=O) groups is 1. The van der Waals surface area contributed by atoms with Crippen LogP contribution in [0.3, 0.4) is 0 Å². The zero-order valence-corrected chi connectivity index (χ0v) is 35.2. The molecule has 294 valence electrons. The zero-order valence-electron chi connectivity index (χ0n) is 32.8. The minimum atomic E-state index is -3.73. The molecule has 8 rings (SSSR count). The number of hydrogen-bond donors (Lipinski definition) is 1. The van der Waals surface area contributed by atoms with E-state index in [-0.39, 0.29) is 16.8 Å². The van der Waals surface area contributed by atoms with E-state index in [1.807, 2.05) is 92.5 Å². The molecule has 0 spiro atoms. The quantitative estimate of drug-likeness (QED) is 0.149. The highest BCUT2D eigenvalue weighted by Gasteiger charge is 2.38. The maximum Gasteiger partial charge on any atom is 0.275 e. The van der Waals surface area contributed by atoms with Crippen LogP contribution in [-0.4, -0.2) is 76.9 Å². The summed E-state index contributed by atoms with van der Waals surface area (Å²) in [5.74, 6) is 0.610. The van der Waals surface area contributed by atoms with Crippen LogP contribution in [0.1, 0.15) is 58.0 Å². The monoisotopic (exact) mass is 815 g/mol. The Bertz CT molecular complexity index is 2650. The van der Waals surface area contributed by atoms with Crippen LogP contribution < -0.4 is 15.0 Å². The second-order valence-corrected chi connectivity index (χ2v) is 18.0. The number of carbonyl (C=O) groups excluding carboxylic acids is 1. The van der Waals surface area contributed by atoms with Crippen molar-refractivity contribution >= 4 is 66.6 Å². The van der Waals surface area contributed by atoms with Gasteiger partial charge in [-0.3, -0.25) is 9.48 Å². The number of piperazine rings is 1. The molecule has 2 aliphatic rings. The summed E-state index contributed by atoms with van der Waals surface area (Å²) in [7, 11) is 0.121. The number of aromatic nitrogens is 4. The van der Waals surface area contributed by atoms with Crippen LogP contribution in [0.4, 0.5) is 5.69 Å². The van der Waals surface area contributed by atoms with Crippen LogP contribution >= 0.6 is 23.2 Å². The second kappa shape index (κ2) is 14.6. The summed E-state index contributed by atoms with van der Waals surface area (Å²) in [4.78, 5) is 17.3. The molecule has 1 fully saturated rings. The van der Waals surface area contributed by atoms with Crippen molar-refractivity contribution in [3.05, 3.63) is 92.5 Å². The van der Waals surface area contributed by atoms with Crippen LogP contribution in [0.2, 0.25) is 10.0 Å². The van der Waals surface area contributed by atoms with Crippen molar-refractivity contribution in [2.45, 2.75) is 58.4 Å². The van der Waals surface area contributed by atoms with Gasteiger partial charge in [-0.1, -0.05) is 29.3 Å². The van der Waals surface area contributed by atoms with Gasteiger partial charge in [0.1, 0.15) is 11.4 Å². The largest absolute Gasteiger partial charge is 0.494 e. The predicted molar refractivity (Wildman–Crippen MR) is 224 cm³/mol. The van der Waals surface area contributed by atoms with Crippen molar-refractivity contribution in [2.75, 3.05) is 44.2 Å². The number of amides is 1. The Kier molecular flexibility index (Phi) is 10.0. The van der Waals surface area contributed by atoms with Gasteiger partial charge >= 0.3 is 0 Å². The molecule has 0 saturated carbocycles. The molecular weight excluding hydrogens is 769 g/mol. The van der Waals surface area contributed by atoms with Gasteiger partial charge in [0.05, 0.1) is 33.4 Å². The normalized spacial score (nSPS) is 16.7. The highest BCUT2D eigenvalue weighted by atomic mass is 35.5. The van der Waals surface area contributed by atoms with Gasteiger partial charge in [-0.15, -0.1) is 0 Å². The number of nitrogens with zero attached hydrogens (tertiary/aromatic N) is 6. The van der Waals surface area contributed by atoms with Crippen LogP contribution in [0, 0.1) is 27.7 Å². The van der Waals surface area contributed by atoms with Crippen molar-refractivity contribution in [3.8, 4) is 16.9 Å². The summed E-state index contributed by atoms with van der Waals surface area (Å²) in [6, 6.07) is 12.9. The Morgan fingerprint density at radius 3 is 2.34 bits per heavy atom. The van der Waals surface area contributed by atoms with Crippen molar-refractivity contribution in [1.82, 2.24) is 28.5 Å². The minimum absolute atomic E-state index is 0.149. The maximum atomic E-state index is 15.2. The molecule has 6 aromatic rings. The fraction of sp³-hybridized carbons (Fsp3) is 0.381. The smallest absolute Gasteiger partial charge is 0.275 e. The molecule has 14 heteroatoms. The number of aryl methyl sites for hydroxylation is 6. The molecule has 11 nitrogen and oxygen atoms in total. The summed E-state index contributed by atoms with van der Waals surface area (Å²) in [6.45, 7) is 12.9. The van der Waals surface area contributed by atoms with E-state index in [2.05, 4.69) is 16.8 Å². The molecule has 0 radical (unpaired) electrons. The Morgan fingerprint density at radius 2 is 1.66 bits per heavy atom. The highest BCUT2D eigenvalue weighted by Crippen LogP contribution is 2.46. The number of anilines is 1. The standard InChI is InChI=1S/C42H47Cl2N7O4S/c1-24-19-29(20-25(2)39(24)44)55-18-8-9-31-32-11-12-34(43)38(37-27(4)46-48(7)28(37)5)40(32)51-26(3)22-50(42(52)41(31)51)36-23-47(6)35-13-10-30(21-33(35)36)56(53,54)49-16-14-45-15-17-49/h10-13,19-21,23,26,45H,8-9,14-18,22H2,1-7H3. The van der Waals surface area contributed by atoms with Crippen molar-refractivity contribution in [1.29, 1.82) is 0 Å². The Morgan fingerprint density at radius 1 is 0.946 bits per heavy atom. The van der Waals surface area contributed by atoms with Gasteiger partial charge in [0, 0.05) is 97.2 Å². The SMILES string of the molecule is Cc1cc(OCCCc2c3n(c4c(-c5c(C)nn(C)c5C)c(Cl)ccc24)C(C)CN(c2cn(C)c4ccc(S(=O)(=O)N5CCNCC5)cc24)C3=O)cc(C)c1Cl. The first-order valence-corrected chi connectivity index (χ1v) is 21.3. The number of fused-ring (bicyclic) bond motifs is 4. The number of nitrogens with one attached hydrogen (secondary N) is 1. The van der Waals surface area contributed by atoms with E-state index in [1.165, 1.54) is 4.31 Å². The van der Waals surface area contributed by atoms with Gasteiger partial charge in [0.15, 0.2) is 0 Å². The minimum Gasteiger partial charge on any atom is -0.494 e. The number of ether oxygens (including phenoxy) is 1. The summed E-state index contributed by atoms with van der Waals surface area (Å²) in [5, 5.41) is 11.0. The lowest BCUT2D eigenvalue weighted by Crippen LogP contribution is -2.46. The van der Waals surface area contributed by atoms with E-state index in [0.717, 1.165) is 66.4 Å². The maximum absolute atomic E-state index is 15.2. The third-order valence-electron chi connectivity index (χ3n) is 11.5. The van der Waals surface area contributed by atoms with Crippen molar-refractivity contribution < 1.29 is 17.9 Å². The molecule has 3 aromatic heterocycles. The van der Waals surface area contributed by atoms with Gasteiger partial charge in [-0.25, -0.2) is 8.42 Å². The van der Waals surface area contributed by atoms with Gasteiger partial charge in [-0.2, -0.15) is 9.40 Å². The first kappa shape index (κ1) is 38.5. The number of halogens is 2. The van der Waals surface area contributed by atoms with Gasteiger partial charge in [-0.05, 0) is 101 Å². The van der Waals surface area contributed by atoms with Crippen molar-refractivity contribution in [2.24, 2.45) is 14.1 Å². The molecule has 1 atom stereocenters. The molecule has 5 heterocycles. The van der Waals surface area contributed by atoms with Crippen LogP contribution in [0.15, 0.2) is 53.6 Å². The number of sulfonamides is 1. The first-order chi connectivity index (χ1) is 26.7. The molecule has 1 N–H and O–H groups in total. The molecular formula is C42H47Cl2N7O4S. The van der Waals surface area contributed by atoms with E-state index in [4.69, 9.17) is 33.0 Å². The van der Waals surface area contributed by atoms with Gasteiger partial charge in [0.2, 0.25) is 10.0 Å². The zero-order chi connectivity index (χ0) is 39.8. The fourth-order valence-electron chi connectivity index (χ4n) is 8.70. The van der Waals surface area contributed by atoms with E-state index in [9.17, 15) is 8.42 Å². The Labute approximate surface area is 337 Å². The van der Waals surface area contributed by atoms with Gasteiger partial charge in [0.25, 0.3) is 5.91 Å². The lowest BCUT2D eigenvalue weighted by molar-refractivity contribution is 0.0957. The predicted octanol–water partition coefficient (Wildman–Crippen LogP) is 7.90. The lowest BCUT2D eigenvalue weighted by Gasteiger charge is -2.34. The van der Waals surface area contributed by atoms with Gasteiger partial charge < -0.3 is 24.1 Å². The summed E-state index contributed by atoms with van der Waals surface area (Å²) in [6.07, 6.45) is 3.16. The van der Waals surface area contributed by atoms with Crippen molar-refractivity contribution in [3.63, 3.8) is 0 Å². The highest BCUT2D eigenvalue weighted by molar-refractivity contribution is 7.89. The molecule has 0 bridgehead atoms. The summed E-state index contributed by atoms with van der Waals surface area (Å²) in [5.41, 5.74) is 9.53. The number of hydrogen-bond acceptors (Lipinski definition) is 6. The average Bonchev–Trinajstić information content (AvgIpc) is 3.78. The van der Waals surface area contributed by atoms with Crippen LogP contribution in [0.25, 0.3) is 32.9 Å². The van der Waals surface area contributed by atoms with E-state index in [1.54, 1.807) is 12.1 Å². The Hall–Kier alpha value is -4.33. The van der Waals surface area contributed by atoms with E-state index < -0.39 is 10.0 Å². The molecule has 0 aliphatic carbocycles.